The summed E-state index contributed by atoms with van der Waals surface area (Å²) in [4.78, 5) is 8.43. The molecule has 2 atom stereocenters. The van der Waals surface area contributed by atoms with Gasteiger partial charge in [-0.3, -0.25) is 9.89 Å². The molecule has 0 saturated carbocycles. The standard InChI is InChI=1S/C20H28N4S.HI/c1-16(17-9-4-3-5-10-17)23-20(21-2)22-15-18(19-11-8-14-25-19)24-12-6-7-13-24;/h3-5,8-11,14,16,18H,6-7,12-13,15H2,1-2H3,(H2,21,22,23);1H. The van der Waals surface area contributed by atoms with E-state index in [1.807, 2.05) is 24.5 Å². The van der Waals surface area contributed by atoms with Gasteiger partial charge in [-0.25, -0.2) is 0 Å². The molecule has 1 aliphatic rings. The van der Waals surface area contributed by atoms with E-state index in [2.05, 4.69) is 69.2 Å². The normalized spacial score (nSPS) is 17.4. The van der Waals surface area contributed by atoms with Gasteiger partial charge in [0.05, 0.1) is 12.1 Å². The Kier molecular flexibility index (Phi) is 8.87. The van der Waals surface area contributed by atoms with Crippen molar-refractivity contribution in [3.63, 3.8) is 0 Å². The van der Waals surface area contributed by atoms with Crippen molar-refractivity contribution < 1.29 is 0 Å². The van der Waals surface area contributed by atoms with Crippen LogP contribution < -0.4 is 10.6 Å². The third-order valence-corrected chi connectivity index (χ3v) is 5.77. The molecule has 2 aromatic rings. The van der Waals surface area contributed by atoms with Gasteiger partial charge in [0.2, 0.25) is 0 Å². The van der Waals surface area contributed by atoms with Crippen molar-refractivity contribution in [2.75, 3.05) is 26.7 Å². The van der Waals surface area contributed by atoms with Gasteiger partial charge < -0.3 is 10.6 Å². The number of aliphatic imine (C=N–C) groups is 1. The van der Waals surface area contributed by atoms with Crippen LogP contribution in [0.1, 0.15) is 42.3 Å². The summed E-state index contributed by atoms with van der Waals surface area (Å²) in [6.07, 6.45) is 2.61. The summed E-state index contributed by atoms with van der Waals surface area (Å²) in [5, 5.41) is 9.21. The molecule has 0 aliphatic carbocycles. The van der Waals surface area contributed by atoms with Gasteiger partial charge in [0.15, 0.2) is 5.96 Å². The fraction of sp³-hybridized carbons (Fsp3) is 0.450. The summed E-state index contributed by atoms with van der Waals surface area (Å²) < 4.78 is 0. The Labute approximate surface area is 178 Å². The minimum absolute atomic E-state index is 0. The number of benzene rings is 1. The maximum Gasteiger partial charge on any atom is 0.191 e. The van der Waals surface area contributed by atoms with E-state index in [1.54, 1.807) is 0 Å². The number of nitrogens with zero attached hydrogens (tertiary/aromatic N) is 2. The number of nitrogens with one attached hydrogen (secondary N) is 2. The van der Waals surface area contributed by atoms with Crippen LogP contribution in [0.2, 0.25) is 0 Å². The fourth-order valence-electron chi connectivity index (χ4n) is 3.36. The Bertz CT molecular complexity index is 654. The molecular weight excluding hydrogens is 455 g/mol. The average molecular weight is 484 g/mol. The van der Waals surface area contributed by atoms with Crippen LogP contribution in [0.25, 0.3) is 0 Å². The van der Waals surface area contributed by atoms with E-state index in [9.17, 15) is 0 Å². The first-order chi connectivity index (χ1) is 12.3. The van der Waals surface area contributed by atoms with Gasteiger partial charge in [-0.05, 0) is 49.9 Å². The summed E-state index contributed by atoms with van der Waals surface area (Å²) in [7, 11) is 1.84. The van der Waals surface area contributed by atoms with Crippen molar-refractivity contribution in [1.82, 2.24) is 15.5 Å². The van der Waals surface area contributed by atoms with Crippen molar-refractivity contribution in [3.05, 3.63) is 58.3 Å². The highest BCUT2D eigenvalue weighted by Crippen LogP contribution is 2.27. The van der Waals surface area contributed by atoms with Crippen molar-refractivity contribution in [1.29, 1.82) is 0 Å². The van der Waals surface area contributed by atoms with Gasteiger partial charge in [0, 0.05) is 18.5 Å². The SMILES string of the molecule is CN=C(NCC(c1cccs1)N1CCCC1)NC(C)c1ccccc1.I. The van der Waals surface area contributed by atoms with E-state index in [1.165, 1.54) is 36.4 Å². The Morgan fingerprint density at radius 3 is 2.50 bits per heavy atom. The molecular formula is C20H29IN4S. The number of halogens is 1. The number of guanidine groups is 1. The van der Waals surface area contributed by atoms with Crippen molar-refractivity contribution in [3.8, 4) is 0 Å². The largest absolute Gasteiger partial charge is 0.354 e. The molecule has 1 aromatic carbocycles. The summed E-state index contributed by atoms with van der Waals surface area (Å²) in [6.45, 7) is 5.43. The van der Waals surface area contributed by atoms with E-state index in [-0.39, 0.29) is 30.0 Å². The van der Waals surface area contributed by atoms with E-state index in [0.29, 0.717) is 6.04 Å². The van der Waals surface area contributed by atoms with Crippen molar-refractivity contribution >= 4 is 41.3 Å². The first-order valence-electron chi connectivity index (χ1n) is 9.07. The van der Waals surface area contributed by atoms with Gasteiger partial charge >= 0.3 is 0 Å². The number of rotatable bonds is 6. The van der Waals surface area contributed by atoms with Crippen LogP contribution >= 0.6 is 35.3 Å². The Balaban J connectivity index is 0.00000243. The Hall–Kier alpha value is -1.12. The molecule has 1 fully saturated rings. The zero-order valence-corrected chi connectivity index (χ0v) is 18.7. The number of thiophene rings is 1. The van der Waals surface area contributed by atoms with Crippen LogP contribution in [0.3, 0.4) is 0 Å². The zero-order chi connectivity index (χ0) is 17.5. The van der Waals surface area contributed by atoms with Crippen molar-refractivity contribution in [2.45, 2.75) is 31.8 Å². The maximum atomic E-state index is 4.41. The van der Waals surface area contributed by atoms with Gasteiger partial charge in [-0.2, -0.15) is 0 Å². The molecule has 3 rings (SSSR count). The summed E-state index contributed by atoms with van der Waals surface area (Å²) in [5.74, 6) is 0.858. The molecule has 26 heavy (non-hydrogen) atoms. The number of hydrogen-bond acceptors (Lipinski definition) is 3. The lowest BCUT2D eigenvalue weighted by Gasteiger charge is -2.28. The van der Waals surface area contributed by atoms with Gasteiger partial charge in [0.1, 0.15) is 0 Å². The van der Waals surface area contributed by atoms with E-state index >= 15 is 0 Å². The van der Waals surface area contributed by atoms with Gasteiger partial charge in [-0.1, -0.05) is 36.4 Å². The molecule has 1 saturated heterocycles. The topological polar surface area (TPSA) is 39.7 Å². The third kappa shape index (κ3) is 5.69. The summed E-state index contributed by atoms with van der Waals surface area (Å²) >= 11 is 1.85. The lowest BCUT2D eigenvalue weighted by Crippen LogP contribution is -2.43. The van der Waals surface area contributed by atoms with E-state index < -0.39 is 0 Å². The predicted molar refractivity (Wildman–Crippen MR) is 123 cm³/mol. The fourth-order valence-corrected chi connectivity index (χ4v) is 4.22. The van der Waals surface area contributed by atoms with Gasteiger partial charge in [-0.15, -0.1) is 35.3 Å². The Morgan fingerprint density at radius 1 is 1.15 bits per heavy atom. The molecule has 0 radical (unpaired) electrons. The third-order valence-electron chi connectivity index (χ3n) is 4.79. The maximum absolute atomic E-state index is 4.41. The highest BCUT2D eigenvalue weighted by atomic mass is 127. The average Bonchev–Trinajstić information content (AvgIpc) is 3.36. The lowest BCUT2D eigenvalue weighted by atomic mass is 10.1. The summed E-state index contributed by atoms with van der Waals surface area (Å²) in [5.41, 5.74) is 1.26. The second-order valence-electron chi connectivity index (χ2n) is 6.50. The second-order valence-corrected chi connectivity index (χ2v) is 7.48. The summed E-state index contributed by atoms with van der Waals surface area (Å²) in [6, 6.07) is 15.5. The van der Waals surface area contributed by atoms with Crippen LogP contribution in [0.5, 0.6) is 0 Å². The minimum Gasteiger partial charge on any atom is -0.354 e. The van der Waals surface area contributed by atoms with E-state index in [4.69, 9.17) is 0 Å². The molecule has 2 N–H and O–H groups in total. The van der Waals surface area contributed by atoms with Crippen LogP contribution in [0, 0.1) is 0 Å². The van der Waals surface area contributed by atoms with Crippen LogP contribution in [-0.2, 0) is 0 Å². The number of likely N-dealkylation sites (tertiary alicyclic amines) is 1. The van der Waals surface area contributed by atoms with E-state index in [0.717, 1.165) is 12.5 Å². The van der Waals surface area contributed by atoms with Crippen molar-refractivity contribution in [2.24, 2.45) is 4.99 Å². The molecule has 142 valence electrons. The number of hydrogen-bond donors (Lipinski definition) is 2. The quantitative estimate of drug-likeness (QED) is 0.362. The highest BCUT2D eigenvalue weighted by molar-refractivity contribution is 14.0. The van der Waals surface area contributed by atoms with Crippen LogP contribution in [0.15, 0.2) is 52.8 Å². The Morgan fingerprint density at radius 2 is 1.88 bits per heavy atom. The van der Waals surface area contributed by atoms with Crippen LogP contribution in [-0.4, -0.2) is 37.5 Å². The molecule has 2 unspecified atom stereocenters. The molecule has 6 heteroatoms. The molecule has 2 heterocycles. The predicted octanol–water partition coefficient (Wildman–Crippen LogP) is 4.43. The first-order valence-corrected chi connectivity index (χ1v) is 9.95. The monoisotopic (exact) mass is 484 g/mol. The van der Waals surface area contributed by atoms with Gasteiger partial charge in [0.25, 0.3) is 0 Å². The van der Waals surface area contributed by atoms with Crippen LogP contribution in [0.4, 0.5) is 0 Å². The molecule has 0 bridgehead atoms. The smallest absolute Gasteiger partial charge is 0.191 e. The second kappa shape index (κ2) is 10.9. The molecule has 0 amide bonds. The molecule has 1 aliphatic heterocycles. The molecule has 0 spiro atoms. The highest BCUT2D eigenvalue weighted by Gasteiger charge is 2.24. The molecule has 1 aromatic heterocycles. The zero-order valence-electron chi connectivity index (χ0n) is 15.5. The lowest BCUT2D eigenvalue weighted by molar-refractivity contribution is 0.249. The first kappa shape index (κ1) is 21.2. The molecule has 4 nitrogen and oxygen atoms in total. The minimum atomic E-state index is 0.